The first-order chi connectivity index (χ1) is 20.0. The zero-order valence-corrected chi connectivity index (χ0v) is 24.2. The van der Waals surface area contributed by atoms with Gasteiger partial charge < -0.3 is 15.0 Å². The Bertz CT molecular complexity index is 1340. The lowest BCUT2D eigenvalue weighted by Gasteiger charge is -2.33. The molecule has 0 aliphatic heterocycles. The van der Waals surface area contributed by atoms with E-state index in [1.54, 1.807) is 12.0 Å². The highest BCUT2D eigenvalue weighted by Crippen LogP contribution is 2.30. The van der Waals surface area contributed by atoms with Gasteiger partial charge in [0.05, 0.1) is 7.11 Å². The third-order valence-electron chi connectivity index (χ3n) is 7.54. The number of methoxy groups -OCH3 is 1. The molecule has 212 valence electrons. The largest absolute Gasteiger partial charge is 0.497 e. The lowest BCUT2D eigenvalue weighted by molar-refractivity contribution is -0.141. The summed E-state index contributed by atoms with van der Waals surface area (Å²) in [5.41, 5.74) is 4.04. The number of nitrogens with zero attached hydrogens (tertiary/aromatic N) is 1. The Morgan fingerprint density at radius 3 is 1.90 bits per heavy atom. The maximum atomic E-state index is 14.5. The van der Waals surface area contributed by atoms with E-state index in [-0.39, 0.29) is 36.7 Å². The molecule has 1 N–H and O–H groups in total. The summed E-state index contributed by atoms with van der Waals surface area (Å²) in [7, 11) is 1.63. The molecule has 4 rings (SSSR count). The fraction of sp³-hybridized carbons (Fsp3) is 0.278. The molecule has 0 radical (unpaired) electrons. The second-order valence-electron chi connectivity index (χ2n) is 10.5. The van der Waals surface area contributed by atoms with Gasteiger partial charge in [-0.15, -0.1) is 0 Å². The smallest absolute Gasteiger partial charge is 0.243 e. The molecule has 0 fully saturated rings. The Morgan fingerprint density at radius 2 is 1.34 bits per heavy atom. The van der Waals surface area contributed by atoms with Crippen molar-refractivity contribution < 1.29 is 14.3 Å². The first-order valence-electron chi connectivity index (χ1n) is 14.3. The summed E-state index contributed by atoms with van der Waals surface area (Å²) >= 11 is 0. The molecule has 0 aliphatic carbocycles. The molecule has 0 aromatic heterocycles. The lowest BCUT2D eigenvalue weighted by atomic mass is 9.87. The average molecular weight is 549 g/mol. The maximum Gasteiger partial charge on any atom is 0.243 e. The van der Waals surface area contributed by atoms with Crippen LogP contribution in [0.2, 0.25) is 0 Å². The van der Waals surface area contributed by atoms with Gasteiger partial charge in [0.25, 0.3) is 0 Å². The zero-order valence-electron chi connectivity index (χ0n) is 24.2. The van der Waals surface area contributed by atoms with Crippen LogP contribution in [0.15, 0.2) is 115 Å². The molecule has 0 unspecified atom stereocenters. The average Bonchev–Trinajstić information content (AvgIpc) is 3.02. The van der Waals surface area contributed by atoms with E-state index in [1.165, 1.54) is 0 Å². The molecule has 4 aromatic rings. The molecule has 0 bridgehead atoms. The molecule has 2 amide bonds. The minimum Gasteiger partial charge on any atom is -0.497 e. The Kier molecular flexibility index (Phi) is 10.7. The van der Waals surface area contributed by atoms with Gasteiger partial charge in [-0.25, -0.2) is 0 Å². The van der Waals surface area contributed by atoms with Crippen molar-refractivity contribution in [2.45, 2.75) is 57.7 Å². The summed E-state index contributed by atoms with van der Waals surface area (Å²) < 4.78 is 5.47. The van der Waals surface area contributed by atoms with E-state index < -0.39 is 6.04 Å². The molecule has 5 nitrogen and oxygen atoms in total. The van der Waals surface area contributed by atoms with Gasteiger partial charge in [-0.2, -0.15) is 0 Å². The fourth-order valence-corrected chi connectivity index (χ4v) is 5.05. The van der Waals surface area contributed by atoms with Crippen molar-refractivity contribution in [2.75, 3.05) is 7.11 Å². The SMILES string of the molecule is CC[C@H](C)NC(=O)[C@@H](Cc1ccccc1)N(Cc1cccc(OC)c1)C(=O)CC(c1ccccc1)c1ccccc1. The van der Waals surface area contributed by atoms with E-state index in [0.29, 0.717) is 12.2 Å². The van der Waals surface area contributed by atoms with Crippen LogP contribution in [0.4, 0.5) is 0 Å². The minimum atomic E-state index is -0.683. The van der Waals surface area contributed by atoms with E-state index >= 15 is 0 Å². The normalized spacial score (nSPS) is 12.4. The van der Waals surface area contributed by atoms with Gasteiger partial charge in [0.1, 0.15) is 11.8 Å². The van der Waals surface area contributed by atoms with Crippen molar-refractivity contribution in [3.8, 4) is 5.75 Å². The molecule has 0 heterocycles. The van der Waals surface area contributed by atoms with Crippen LogP contribution in [-0.4, -0.2) is 35.9 Å². The second-order valence-corrected chi connectivity index (χ2v) is 10.5. The Labute approximate surface area is 244 Å². The first-order valence-corrected chi connectivity index (χ1v) is 14.3. The van der Waals surface area contributed by atoms with E-state index in [4.69, 9.17) is 4.74 Å². The monoisotopic (exact) mass is 548 g/mol. The Balaban J connectivity index is 1.75. The molecular formula is C36H40N2O3. The number of carbonyl (C=O) groups is 2. The van der Waals surface area contributed by atoms with Crippen LogP contribution < -0.4 is 10.1 Å². The number of hydrogen-bond donors (Lipinski definition) is 1. The second kappa shape index (κ2) is 14.8. The van der Waals surface area contributed by atoms with E-state index in [0.717, 1.165) is 28.7 Å². The van der Waals surface area contributed by atoms with Crippen molar-refractivity contribution in [3.05, 3.63) is 138 Å². The van der Waals surface area contributed by atoms with Gasteiger partial charge in [0, 0.05) is 31.3 Å². The molecule has 0 saturated carbocycles. The van der Waals surface area contributed by atoms with Gasteiger partial charge in [0.15, 0.2) is 0 Å². The highest BCUT2D eigenvalue weighted by atomic mass is 16.5. The molecule has 0 aliphatic rings. The van der Waals surface area contributed by atoms with Crippen molar-refractivity contribution in [1.82, 2.24) is 10.2 Å². The maximum absolute atomic E-state index is 14.5. The fourth-order valence-electron chi connectivity index (χ4n) is 5.05. The van der Waals surface area contributed by atoms with Gasteiger partial charge in [-0.05, 0) is 47.7 Å². The lowest BCUT2D eigenvalue weighted by Crippen LogP contribution is -2.52. The Hall–Kier alpha value is -4.38. The van der Waals surface area contributed by atoms with Crippen LogP contribution in [0.3, 0.4) is 0 Å². The van der Waals surface area contributed by atoms with Gasteiger partial charge in [-0.3, -0.25) is 9.59 Å². The van der Waals surface area contributed by atoms with Crippen LogP contribution in [-0.2, 0) is 22.6 Å². The molecule has 41 heavy (non-hydrogen) atoms. The molecular weight excluding hydrogens is 508 g/mol. The number of nitrogens with one attached hydrogen (secondary N) is 1. The quantitative estimate of drug-likeness (QED) is 0.201. The number of amides is 2. The van der Waals surface area contributed by atoms with E-state index in [9.17, 15) is 9.59 Å². The van der Waals surface area contributed by atoms with Gasteiger partial charge in [-0.1, -0.05) is 110 Å². The Morgan fingerprint density at radius 1 is 0.780 bits per heavy atom. The third kappa shape index (κ3) is 8.31. The summed E-state index contributed by atoms with van der Waals surface area (Å²) in [6.45, 7) is 4.32. The minimum absolute atomic E-state index is 0.00377. The predicted molar refractivity (Wildman–Crippen MR) is 165 cm³/mol. The highest BCUT2D eigenvalue weighted by molar-refractivity contribution is 5.88. The summed E-state index contributed by atoms with van der Waals surface area (Å²) in [6.07, 6.45) is 1.46. The number of rotatable bonds is 13. The van der Waals surface area contributed by atoms with Gasteiger partial charge >= 0.3 is 0 Å². The van der Waals surface area contributed by atoms with Crippen LogP contribution in [0, 0.1) is 0 Å². The van der Waals surface area contributed by atoms with Gasteiger partial charge in [0.2, 0.25) is 11.8 Å². The van der Waals surface area contributed by atoms with Crippen molar-refractivity contribution in [3.63, 3.8) is 0 Å². The van der Waals surface area contributed by atoms with E-state index in [1.807, 2.05) is 105 Å². The summed E-state index contributed by atoms with van der Waals surface area (Å²) in [6, 6.07) is 37.2. The molecule has 2 atom stereocenters. The molecule has 5 heteroatoms. The number of ether oxygens (including phenoxy) is 1. The number of benzene rings is 4. The molecule has 4 aromatic carbocycles. The molecule has 0 saturated heterocycles. The van der Waals surface area contributed by atoms with Crippen LogP contribution in [0.5, 0.6) is 5.75 Å². The summed E-state index contributed by atoms with van der Waals surface area (Å²) in [5.74, 6) is 0.346. The highest BCUT2D eigenvalue weighted by Gasteiger charge is 2.32. The number of hydrogen-bond acceptors (Lipinski definition) is 3. The summed E-state index contributed by atoms with van der Waals surface area (Å²) in [5, 5.41) is 3.15. The topological polar surface area (TPSA) is 58.6 Å². The first kappa shape index (κ1) is 29.6. The van der Waals surface area contributed by atoms with Crippen LogP contribution >= 0.6 is 0 Å². The molecule has 0 spiro atoms. The standard InChI is InChI=1S/C36H40N2O3/c1-4-27(2)37-36(40)34(24-28-15-8-5-9-16-28)38(26-29-17-14-22-32(23-29)41-3)35(39)25-33(30-18-10-6-11-19-30)31-20-12-7-13-21-31/h5-23,27,33-34H,4,24-26H2,1-3H3,(H,37,40)/t27-,34+/m0/s1. The predicted octanol–water partition coefficient (Wildman–Crippen LogP) is 6.77. The third-order valence-corrected chi connectivity index (χ3v) is 7.54. The van der Waals surface area contributed by atoms with Crippen LogP contribution in [0.25, 0.3) is 0 Å². The summed E-state index contributed by atoms with van der Waals surface area (Å²) in [4.78, 5) is 30.1. The number of carbonyl (C=O) groups excluding carboxylic acids is 2. The van der Waals surface area contributed by atoms with Crippen molar-refractivity contribution in [1.29, 1.82) is 0 Å². The van der Waals surface area contributed by atoms with Crippen molar-refractivity contribution >= 4 is 11.8 Å². The van der Waals surface area contributed by atoms with Crippen molar-refractivity contribution in [2.24, 2.45) is 0 Å². The van der Waals surface area contributed by atoms with Crippen LogP contribution in [0.1, 0.15) is 54.9 Å². The van der Waals surface area contributed by atoms with E-state index in [2.05, 4.69) is 29.6 Å². The zero-order chi connectivity index (χ0) is 29.0.